The Balaban J connectivity index is 1.56. The van der Waals surface area contributed by atoms with Crippen LogP contribution in [0.3, 0.4) is 0 Å². The molecule has 0 aliphatic carbocycles. The van der Waals surface area contributed by atoms with Crippen molar-refractivity contribution >= 4 is 11.6 Å². The van der Waals surface area contributed by atoms with Gasteiger partial charge in [0.1, 0.15) is 11.9 Å². The minimum atomic E-state index is 0.159. The van der Waals surface area contributed by atoms with E-state index in [4.69, 9.17) is 16.3 Å². The normalized spacial score (nSPS) is 19.4. The molecule has 1 aliphatic rings. The molecule has 3 rings (SSSR count). The fourth-order valence-corrected chi connectivity index (χ4v) is 2.52. The van der Waals surface area contributed by atoms with Gasteiger partial charge in [0.25, 0.3) is 0 Å². The number of rotatable bonds is 4. The molecule has 0 unspecified atom stereocenters. The highest BCUT2D eigenvalue weighted by molar-refractivity contribution is 6.32. The zero-order valence-corrected chi connectivity index (χ0v) is 12.0. The molecule has 1 aromatic carbocycles. The summed E-state index contributed by atoms with van der Waals surface area (Å²) >= 11 is 6.10. The molecular formula is C13H16ClN5O. The molecule has 0 saturated carbocycles. The summed E-state index contributed by atoms with van der Waals surface area (Å²) < 4.78 is 5.94. The van der Waals surface area contributed by atoms with E-state index < -0.39 is 0 Å². The lowest BCUT2D eigenvalue weighted by molar-refractivity contribution is 0.197. The SMILES string of the molecule is Cn1nnc(CN2CC[C@@H](Oc3ccccc3Cl)C2)n1. The average Bonchev–Trinajstić information content (AvgIpc) is 3.02. The Labute approximate surface area is 122 Å². The van der Waals surface area contributed by atoms with Gasteiger partial charge in [-0.3, -0.25) is 4.90 Å². The van der Waals surface area contributed by atoms with Gasteiger partial charge in [-0.25, -0.2) is 0 Å². The number of benzene rings is 1. The van der Waals surface area contributed by atoms with E-state index in [0.717, 1.165) is 31.1 Å². The van der Waals surface area contributed by atoms with E-state index in [-0.39, 0.29) is 6.10 Å². The molecule has 1 atom stereocenters. The van der Waals surface area contributed by atoms with Crippen LogP contribution in [0.1, 0.15) is 12.2 Å². The van der Waals surface area contributed by atoms with Crippen molar-refractivity contribution in [2.24, 2.45) is 7.05 Å². The molecule has 6 nitrogen and oxygen atoms in total. The van der Waals surface area contributed by atoms with Crippen LogP contribution in [0.5, 0.6) is 5.75 Å². The lowest BCUT2D eigenvalue weighted by atomic mass is 10.3. The molecule has 2 aromatic rings. The van der Waals surface area contributed by atoms with Crippen LogP contribution < -0.4 is 4.74 Å². The van der Waals surface area contributed by atoms with Gasteiger partial charge in [0.2, 0.25) is 0 Å². The van der Waals surface area contributed by atoms with Crippen molar-refractivity contribution in [1.82, 2.24) is 25.1 Å². The molecule has 1 aliphatic heterocycles. The fourth-order valence-electron chi connectivity index (χ4n) is 2.34. The van der Waals surface area contributed by atoms with Gasteiger partial charge in [0, 0.05) is 13.1 Å². The summed E-state index contributed by atoms with van der Waals surface area (Å²) in [6.45, 7) is 2.52. The van der Waals surface area contributed by atoms with Crippen molar-refractivity contribution in [3.8, 4) is 5.75 Å². The van der Waals surface area contributed by atoms with E-state index in [9.17, 15) is 0 Å². The molecule has 0 amide bonds. The Morgan fingerprint density at radius 1 is 1.40 bits per heavy atom. The Bertz CT molecular complexity index is 588. The van der Waals surface area contributed by atoms with Crippen LogP contribution in [0.25, 0.3) is 0 Å². The number of para-hydroxylation sites is 1. The Kier molecular flexibility index (Phi) is 3.84. The molecule has 2 heterocycles. The maximum Gasteiger partial charge on any atom is 0.188 e. The number of hydrogen-bond acceptors (Lipinski definition) is 5. The Hall–Kier alpha value is -1.66. The Morgan fingerprint density at radius 2 is 2.25 bits per heavy atom. The van der Waals surface area contributed by atoms with Gasteiger partial charge >= 0.3 is 0 Å². The van der Waals surface area contributed by atoms with Crippen molar-refractivity contribution in [2.45, 2.75) is 19.1 Å². The predicted octanol–water partition coefficient (Wildman–Crippen LogP) is 1.52. The third-order valence-corrected chi connectivity index (χ3v) is 3.59. The minimum absolute atomic E-state index is 0.159. The number of nitrogens with zero attached hydrogens (tertiary/aromatic N) is 5. The quantitative estimate of drug-likeness (QED) is 0.855. The zero-order chi connectivity index (χ0) is 13.9. The van der Waals surface area contributed by atoms with Crippen LogP contribution in [0.15, 0.2) is 24.3 Å². The van der Waals surface area contributed by atoms with Crippen LogP contribution in [0.4, 0.5) is 0 Å². The molecule has 0 spiro atoms. The molecule has 1 aromatic heterocycles. The molecule has 7 heteroatoms. The third-order valence-electron chi connectivity index (χ3n) is 3.27. The largest absolute Gasteiger partial charge is 0.487 e. The van der Waals surface area contributed by atoms with Gasteiger partial charge < -0.3 is 4.74 Å². The minimum Gasteiger partial charge on any atom is -0.487 e. The molecule has 0 N–H and O–H groups in total. The Morgan fingerprint density at radius 3 is 3.00 bits per heavy atom. The lowest BCUT2D eigenvalue weighted by Crippen LogP contribution is -2.25. The standard InChI is InChI=1S/C13H16ClN5O/c1-18-16-13(15-17-18)9-19-7-6-10(8-19)20-12-5-3-2-4-11(12)14/h2-5,10H,6-9H2,1H3/t10-/m1/s1. The van der Waals surface area contributed by atoms with E-state index >= 15 is 0 Å². The summed E-state index contributed by atoms with van der Waals surface area (Å²) in [5.74, 6) is 1.49. The van der Waals surface area contributed by atoms with Crippen LogP contribution in [0.2, 0.25) is 5.02 Å². The number of ether oxygens (including phenoxy) is 1. The second-order valence-electron chi connectivity index (χ2n) is 4.89. The van der Waals surface area contributed by atoms with Crippen molar-refractivity contribution in [2.75, 3.05) is 13.1 Å². The first-order valence-corrected chi connectivity index (χ1v) is 6.95. The highest BCUT2D eigenvalue weighted by atomic mass is 35.5. The summed E-state index contributed by atoms with van der Waals surface area (Å²) in [5, 5.41) is 12.7. The van der Waals surface area contributed by atoms with Crippen molar-refractivity contribution in [3.05, 3.63) is 35.1 Å². The fraction of sp³-hybridized carbons (Fsp3) is 0.462. The first-order valence-electron chi connectivity index (χ1n) is 6.57. The second-order valence-corrected chi connectivity index (χ2v) is 5.30. The summed E-state index contributed by atoms with van der Waals surface area (Å²) in [4.78, 5) is 3.74. The van der Waals surface area contributed by atoms with Gasteiger partial charge in [-0.1, -0.05) is 23.7 Å². The molecular weight excluding hydrogens is 278 g/mol. The monoisotopic (exact) mass is 293 g/mol. The summed E-state index contributed by atoms with van der Waals surface area (Å²) in [6.07, 6.45) is 1.14. The van der Waals surface area contributed by atoms with E-state index in [0.29, 0.717) is 11.6 Å². The maximum absolute atomic E-state index is 6.10. The number of aryl methyl sites for hydroxylation is 1. The van der Waals surface area contributed by atoms with E-state index in [2.05, 4.69) is 20.3 Å². The van der Waals surface area contributed by atoms with Gasteiger partial charge in [-0.15, -0.1) is 10.2 Å². The molecule has 1 saturated heterocycles. The number of likely N-dealkylation sites (tertiary alicyclic amines) is 1. The molecule has 20 heavy (non-hydrogen) atoms. The maximum atomic E-state index is 6.10. The summed E-state index contributed by atoms with van der Waals surface area (Å²) in [7, 11) is 1.77. The van der Waals surface area contributed by atoms with Crippen molar-refractivity contribution < 1.29 is 4.74 Å². The summed E-state index contributed by atoms with van der Waals surface area (Å²) in [5.41, 5.74) is 0. The molecule has 106 valence electrons. The third kappa shape index (κ3) is 3.08. The number of tetrazole rings is 1. The average molecular weight is 294 g/mol. The van der Waals surface area contributed by atoms with Gasteiger partial charge in [0.05, 0.1) is 18.6 Å². The van der Waals surface area contributed by atoms with Crippen LogP contribution >= 0.6 is 11.6 Å². The molecule has 1 fully saturated rings. The lowest BCUT2D eigenvalue weighted by Gasteiger charge is -2.16. The van der Waals surface area contributed by atoms with Gasteiger partial charge in [-0.05, 0) is 23.8 Å². The van der Waals surface area contributed by atoms with E-state index in [1.165, 1.54) is 4.80 Å². The van der Waals surface area contributed by atoms with Crippen LogP contribution in [0, 0.1) is 0 Å². The molecule has 0 bridgehead atoms. The first-order chi connectivity index (χ1) is 9.70. The van der Waals surface area contributed by atoms with Gasteiger partial charge in [0.15, 0.2) is 5.82 Å². The first kappa shape index (κ1) is 13.3. The van der Waals surface area contributed by atoms with Crippen molar-refractivity contribution in [3.63, 3.8) is 0 Å². The van der Waals surface area contributed by atoms with E-state index in [1.54, 1.807) is 7.05 Å². The van der Waals surface area contributed by atoms with Crippen molar-refractivity contribution in [1.29, 1.82) is 0 Å². The second kappa shape index (κ2) is 5.76. The number of aromatic nitrogens is 4. The van der Waals surface area contributed by atoms with Gasteiger partial charge in [-0.2, -0.15) is 4.80 Å². The van der Waals surface area contributed by atoms with E-state index in [1.807, 2.05) is 24.3 Å². The highest BCUT2D eigenvalue weighted by Crippen LogP contribution is 2.26. The molecule has 0 radical (unpaired) electrons. The topological polar surface area (TPSA) is 56.1 Å². The highest BCUT2D eigenvalue weighted by Gasteiger charge is 2.25. The zero-order valence-electron chi connectivity index (χ0n) is 11.2. The van der Waals surface area contributed by atoms with Crippen LogP contribution in [-0.2, 0) is 13.6 Å². The smallest absolute Gasteiger partial charge is 0.188 e. The summed E-state index contributed by atoms with van der Waals surface area (Å²) in [6, 6.07) is 7.57. The predicted molar refractivity (Wildman–Crippen MR) is 74.6 cm³/mol. The van der Waals surface area contributed by atoms with Crippen LogP contribution in [-0.4, -0.2) is 44.3 Å². The number of hydrogen-bond donors (Lipinski definition) is 0. The number of halogens is 1.